The van der Waals surface area contributed by atoms with Crippen molar-refractivity contribution in [1.82, 2.24) is 10.3 Å². The van der Waals surface area contributed by atoms with Gasteiger partial charge in [0.15, 0.2) is 0 Å². The van der Waals surface area contributed by atoms with Crippen LogP contribution in [0.2, 0.25) is 0 Å². The molecule has 0 saturated heterocycles. The molecule has 7 heteroatoms. The summed E-state index contributed by atoms with van der Waals surface area (Å²) in [5, 5.41) is 5.30. The third kappa shape index (κ3) is 4.70. The van der Waals surface area contributed by atoms with Crippen LogP contribution in [0.25, 0.3) is 0 Å². The number of nitrogens with two attached hydrogens (primary N) is 1. The lowest BCUT2D eigenvalue weighted by molar-refractivity contribution is 0.0946. The Balaban J connectivity index is 0.00000220. The molecule has 0 aliphatic carbocycles. The Hall–Kier alpha value is -1.63. The molecule has 0 saturated carbocycles. The Morgan fingerprint density at radius 1 is 1.43 bits per heavy atom. The van der Waals surface area contributed by atoms with Gasteiger partial charge in [0.05, 0.1) is 6.61 Å². The number of rotatable bonds is 6. The molecule has 2 aromatic rings. The van der Waals surface area contributed by atoms with Gasteiger partial charge in [0.1, 0.15) is 16.5 Å². The summed E-state index contributed by atoms with van der Waals surface area (Å²) in [6, 6.07) is 7.64. The molecule has 0 aliphatic heterocycles. The van der Waals surface area contributed by atoms with Gasteiger partial charge in [-0.05, 0) is 13.0 Å². The van der Waals surface area contributed by atoms with E-state index in [-0.39, 0.29) is 18.3 Å². The number of thiazole rings is 1. The van der Waals surface area contributed by atoms with Crippen molar-refractivity contribution in [3.05, 3.63) is 45.9 Å². The van der Waals surface area contributed by atoms with Crippen LogP contribution in [0.1, 0.15) is 28.0 Å². The van der Waals surface area contributed by atoms with E-state index in [2.05, 4.69) is 10.3 Å². The maximum atomic E-state index is 12.0. The zero-order valence-corrected chi connectivity index (χ0v) is 13.3. The summed E-state index contributed by atoms with van der Waals surface area (Å²) in [4.78, 5) is 16.1. The van der Waals surface area contributed by atoms with E-state index in [4.69, 9.17) is 10.5 Å². The third-order valence-corrected chi connectivity index (χ3v) is 3.54. The first-order valence-corrected chi connectivity index (χ1v) is 7.26. The summed E-state index contributed by atoms with van der Waals surface area (Å²) in [6.45, 7) is 3.28. The van der Waals surface area contributed by atoms with Gasteiger partial charge in [0, 0.05) is 24.0 Å². The summed E-state index contributed by atoms with van der Waals surface area (Å²) < 4.78 is 5.52. The van der Waals surface area contributed by atoms with Crippen molar-refractivity contribution in [3.63, 3.8) is 0 Å². The van der Waals surface area contributed by atoms with Crippen molar-refractivity contribution in [1.29, 1.82) is 0 Å². The number of para-hydroxylation sites is 1. The first-order chi connectivity index (χ1) is 9.74. The van der Waals surface area contributed by atoms with Crippen LogP contribution in [0.3, 0.4) is 0 Å². The maximum Gasteiger partial charge on any atom is 0.271 e. The van der Waals surface area contributed by atoms with Crippen molar-refractivity contribution in [2.24, 2.45) is 5.73 Å². The van der Waals surface area contributed by atoms with Crippen molar-refractivity contribution in [2.75, 3.05) is 6.61 Å². The minimum atomic E-state index is -0.202. The summed E-state index contributed by atoms with van der Waals surface area (Å²) in [5.41, 5.74) is 6.83. The highest BCUT2D eigenvalue weighted by Crippen LogP contribution is 2.17. The van der Waals surface area contributed by atoms with E-state index in [9.17, 15) is 4.79 Å². The molecular formula is C14H18ClN3O2S. The average Bonchev–Trinajstić information content (AvgIpc) is 2.95. The number of benzene rings is 1. The number of hydrogen-bond donors (Lipinski definition) is 2. The third-order valence-electron chi connectivity index (χ3n) is 2.67. The number of aromatic nitrogens is 1. The second-order valence-corrected chi connectivity index (χ2v) is 5.00. The minimum Gasteiger partial charge on any atom is -0.494 e. The number of ether oxygens (including phenoxy) is 1. The van der Waals surface area contributed by atoms with Crippen molar-refractivity contribution in [3.8, 4) is 5.75 Å². The predicted octanol–water partition coefficient (Wildman–Crippen LogP) is 2.35. The monoisotopic (exact) mass is 327 g/mol. The van der Waals surface area contributed by atoms with Gasteiger partial charge in [-0.1, -0.05) is 18.2 Å². The van der Waals surface area contributed by atoms with Gasteiger partial charge in [-0.2, -0.15) is 0 Å². The molecule has 1 amide bonds. The molecule has 0 atom stereocenters. The Morgan fingerprint density at radius 3 is 2.86 bits per heavy atom. The number of carbonyl (C=O) groups is 1. The first-order valence-electron chi connectivity index (χ1n) is 6.38. The fourth-order valence-electron chi connectivity index (χ4n) is 1.72. The minimum absolute atomic E-state index is 0. The smallest absolute Gasteiger partial charge is 0.271 e. The molecule has 0 fully saturated rings. The number of nitrogens with one attached hydrogen (secondary N) is 1. The Labute approximate surface area is 133 Å². The SMILES string of the molecule is CCOc1ccccc1CNC(=O)c1csc(CN)n1.Cl. The van der Waals surface area contributed by atoms with Gasteiger partial charge < -0.3 is 15.8 Å². The van der Waals surface area contributed by atoms with Crippen LogP contribution < -0.4 is 15.8 Å². The van der Waals surface area contributed by atoms with Crippen LogP contribution in [0.4, 0.5) is 0 Å². The van der Waals surface area contributed by atoms with Crippen LogP contribution in [-0.4, -0.2) is 17.5 Å². The number of nitrogens with zero attached hydrogens (tertiary/aromatic N) is 1. The zero-order valence-electron chi connectivity index (χ0n) is 11.7. The van der Waals surface area contributed by atoms with E-state index >= 15 is 0 Å². The molecule has 0 aliphatic rings. The van der Waals surface area contributed by atoms with Crippen LogP contribution in [0.5, 0.6) is 5.75 Å². The number of halogens is 1. The average molecular weight is 328 g/mol. The molecule has 114 valence electrons. The Morgan fingerprint density at radius 2 is 2.19 bits per heavy atom. The molecule has 0 unspecified atom stereocenters. The van der Waals surface area contributed by atoms with E-state index in [1.807, 2.05) is 31.2 Å². The molecule has 3 N–H and O–H groups in total. The highest BCUT2D eigenvalue weighted by atomic mass is 35.5. The topological polar surface area (TPSA) is 77.2 Å². The van der Waals surface area contributed by atoms with E-state index in [1.165, 1.54) is 11.3 Å². The van der Waals surface area contributed by atoms with Crippen LogP contribution >= 0.6 is 23.7 Å². The fraction of sp³-hybridized carbons (Fsp3) is 0.286. The van der Waals surface area contributed by atoms with E-state index in [0.717, 1.165) is 16.3 Å². The number of carbonyl (C=O) groups excluding carboxylic acids is 1. The van der Waals surface area contributed by atoms with Crippen LogP contribution in [-0.2, 0) is 13.1 Å². The molecule has 0 bridgehead atoms. The summed E-state index contributed by atoms with van der Waals surface area (Å²) in [6.07, 6.45) is 0. The summed E-state index contributed by atoms with van der Waals surface area (Å²) in [5.74, 6) is 0.587. The van der Waals surface area contributed by atoms with Gasteiger partial charge in [0.25, 0.3) is 5.91 Å². The molecule has 0 radical (unpaired) electrons. The molecule has 1 aromatic carbocycles. The molecule has 0 spiro atoms. The lowest BCUT2D eigenvalue weighted by Gasteiger charge is -2.10. The van der Waals surface area contributed by atoms with Gasteiger partial charge in [0.2, 0.25) is 0 Å². The summed E-state index contributed by atoms with van der Waals surface area (Å²) in [7, 11) is 0. The predicted molar refractivity (Wildman–Crippen MR) is 86.0 cm³/mol. The first kappa shape index (κ1) is 17.4. The van der Waals surface area contributed by atoms with Crippen LogP contribution in [0, 0.1) is 0 Å². The Kier molecular flexibility index (Phi) is 7.14. The van der Waals surface area contributed by atoms with Gasteiger partial charge >= 0.3 is 0 Å². The highest BCUT2D eigenvalue weighted by Gasteiger charge is 2.11. The van der Waals surface area contributed by atoms with Crippen molar-refractivity contribution >= 4 is 29.7 Å². The number of amides is 1. The molecule has 1 heterocycles. The van der Waals surface area contributed by atoms with E-state index in [1.54, 1.807) is 5.38 Å². The molecule has 21 heavy (non-hydrogen) atoms. The second-order valence-electron chi connectivity index (χ2n) is 4.05. The molecule has 1 aromatic heterocycles. The molecular weight excluding hydrogens is 310 g/mol. The van der Waals surface area contributed by atoms with E-state index in [0.29, 0.717) is 25.4 Å². The standard InChI is InChI=1S/C14H17N3O2S.ClH/c1-2-19-12-6-4-3-5-10(12)8-16-14(18)11-9-20-13(7-15)17-11;/h3-6,9H,2,7-8,15H2,1H3,(H,16,18);1H. The molecule has 2 rings (SSSR count). The van der Waals surface area contributed by atoms with Gasteiger partial charge in [-0.15, -0.1) is 23.7 Å². The maximum absolute atomic E-state index is 12.0. The lowest BCUT2D eigenvalue weighted by Crippen LogP contribution is -2.23. The summed E-state index contributed by atoms with van der Waals surface area (Å²) >= 11 is 1.39. The van der Waals surface area contributed by atoms with Gasteiger partial charge in [-0.25, -0.2) is 4.98 Å². The zero-order chi connectivity index (χ0) is 14.4. The Bertz CT molecular complexity index is 589. The normalized spacial score (nSPS) is 9.81. The number of hydrogen-bond acceptors (Lipinski definition) is 5. The van der Waals surface area contributed by atoms with Crippen LogP contribution in [0.15, 0.2) is 29.6 Å². The fourth-order valence-corrected chi connectivity index (χ4v) is 2.38. The molecule has 5 nitrogen and oxygen atoms in total. The highest BCUT2D eigenvalue weighted by molar-refractivity contribution is 7.09. The van der Waals surface area contributed by atoms with Crippen molar-refractivity contribution in [2.45, 2.75) is 20.0 Å². The lowest BCUT2D eigenvalue weighted by atomic mass is 10.2. The van der Waals surface area contributed by atoms with Crippen molar-refractivity contribution < 1.29 is 9.53 Å². The van der Waals surface area contributed by atoms with E-state index < -0.39 is 0 Å². The quantitative estimate of drug-likeness (QED) is 0.853. The van der Waals surface area contributed by atoms with Gasteiger partial charge in [-0.3, -0.25) is 4.79 Å². The largest absolute Gasteiger partial charge is 0.494 e. The second kappa shape index (κ2) is 8.61.